The fraction of sp³-hybridized carbons (Fsp3) is 0.292. The number of nitrogens with one attached hydrogen (secondary N) is 1. The van der Waals surface area contributed by atoms with Gasteiger partial charge in [0.05, 0.1) is 17.6 Å². The number of ether oxygens (including phenoxy) is 3. The van der Waals surface area contributed by atoms with Crippen LogP contribution in [0.2, 0.25) is 0 Å². The van der Waals surface area contributed by atoms with Crippen LogP contribution in [0.4, 0.5) is 0 Å². The molecule has 1 aromatic heterocycles. The number of amides is 1. The molecule has 2 heterocycles. The second kappa shape index (κ2) is 9.04. The van der Waals surface area contributed by atoms with Crippen LogP contribution < -0.4 is 14.8 Å². The molecule has 1 amide bonds. The Balaban J connectivity index is 1.36. The molecular formula is C24H24N2O5. The predicted octanol–water partition coefficient (Wildman–Crippen LogP) is 3.22. The molecule has 1 aliphatic heterocycles. The second-order valence-electron chi connectivity index (χ2n) is 7.31. The predicted molar refractivity (Wildman–Crippen MR) is 116 cm³/mol. The molecule has 0 spiro atoms. The summed E-state index contributed by atoms with van der Waals surface area (Å²) in [4.78, 5) is 29.7. The van der Waals surface area contributed by atoms with Crippen molar-refractivity contribution >= 4 is 22.8 Å². The Kier molecular flexibility index (Phi) is 6.02. The van der Waals surface area contributed by atoms with Crippen LogP contribution in [0, 0.1) is 6.92 Å². The maximum atomic E-state index is 12.8. The normalized spacial score (nSPS) is 14.8. The Hall–Kier alpha value is -3.61. The third-order valence-corrected chi connectivity index (χ3v) is 5.20. The van der Waals surface area contributed by atoms with Gasteiger partial charge >= 0.3 is 5.97 Å². The number of carbonyl (C=O) groups excluding carboxylic acids is 2. The minimum Gasteiger partial charge on any atom is -0.486 e. The van der Waals surface area contributed by atoms with Gasteiger partial charge in [0.15, 0.2) is 18.1 Å². The first-order chi connectivity index (χ1) is 15.1. The Morgan fingerprint density at radius 2 is 1.87 bits per heavy atom. The molecule has 1 aliphatic rings. The van der Waals surface area contributed by atoms with E-state index in [4.69, 9.17) is 14.2 Å². The number of pyridine rings is 1. The standard InChI is InChI=1S/C24H24N2O5/c1-3-18-15(2)23(17-8-4-5-9-19(17)26-18)24(28)30-14-22(27)25-12-16-13-29-20-10-6-7-11-21(20)31-16/h4-11,16H,3,12-14H2,1-2H3,(H,25,27)/t16-/m0/s1. The van der Waals surface area contributed by atoms with Crippen LogP contribution in [0.1, 0.15) is 28.5 Å². The van der Waals surface area contributed by atoms with Crippen molar-refractivity contribution in [1.29, 1.82) is 0 Å². The van der Waals surface area contributed by atoms with Gasteiger partial charge in [0, 0.05) is 11.1 Å². The van der Waals surface area contributed by atoms with Gasteiger partial charge in [-0.2, -0.15) is 0 Å². The summed E-state index contributed by atoms with van der Waals surface area (Å²) >= 11 is 0. The van der Waals surface area contributed by atoms with Gasteiger partial charge in [0.25, 0.3) is 5.91 Å². The zero-order chi connectivity index (χ0) is 21.8. The van der Waals surface area contributed by atoms with Crippen LogP contribution in [0.25, 0.3) is 10.9 Å². The Morgan fingerprint density at radius 3 is 2.68 bits per heavy atom. The van der Waals surface area contributed by atoms with Crippen LogP contribution in [0.5, 0.6) is 11.5 Å². The second-order valence-corrected chi connectivity index (χ2v) is 7.31. The molecule has 0 saturated carbocycles. The number of aromatic nitrogens is 1. The van der Waals surface area contributed by atoms with E-state index < -0.39 is 11.9 Å². The van der Waals surface area contributed by atoms with Crippen molar-refractivity contribution in [3.63, 3.8) is 0 Å². The lowest BCUT2D eigenvalue weighted by Gasteiger charge is -2.26. The average molecular weight is 420 g/mol. The Labute approximate surface area is 180 Å². The molecule has 1 N–H and O–H groups in total. The largest absolute Gasteiger partial charge is 0.486 e. The third-order valence-electron chi connectivity index (χ3n) is 5.20. The topological polar surface area (TPSA) is 86.8 Å². The van der Waals surface area contributed by atoms with E-state index in [1.807, 2.05) is 62.4 Å². The minimum atomic E-state index is -0.535. The summed E-state index contributed by atoms with van der Waals surface area (Å²) in [6.07, 6.45) is 0.386. The van der Waals surface area contributed by atoms with Crippen molar-refractivity contribution in [2.75, 3.05) is 19.8 Å². The molecule has 1 atom stereocenters. The van der Waals surface area contributed by atoms with Crippen LogP contribution in [0.15, 0.2) is 48.5 Å². The van der Waals surface area contributed by atoms with Crippen molar-refractivity contribution in [3.8, 4) is 11.5 Å². The fourth-order valence-corrected chi connectivity index (χ4v) is 3.61. The van der Waals surface area contributed by atoms with Crippen molar-refractivity contribution in [2.24, 2.45) is 0 Å². The number of aryl methyl sites for hydroxylation is 1. The number of nitrogens with zero attached hydrogens (tertiary/aromatic N) is 1. The molecule has 0 saturated heterocycles. The van der Waals surface area contributed by atoms with Gasteiger partial charge in [-0.15, -0.1) is 0 Å². The summed E-state index contributed by atoms with van der Waals surface area (Å²) in [5.74, 6) is 0.395. The van der Waals surface area contributed by atoms with E-state index in [1.54, 1.807) is 0 Å². The van der Waals surface area contributed by atoms with E-state index in [0.717, 1.165) is 16.8 Å². The van der Waals surface area contributed by atoms with Crippen molar-refractivity contribution in [2.45, 2.75) is 26.4 Å². The summed E-state index contributed by atoms with van der Waals surface area (Å²) in [7, 11) is 0. The van der Waals surface area contributed by atoms with Crippen molar-refractivity contribution in [3.05, 3.63) is 65.4 Å². The minimum absolute atomic E-state index is 0.252. The number of rotatable bonds is 6. The first-order valence-corrected chi connectivity index (χ1v) is 10.3. The molecule has 0 aliphatic carbocycles. The lowest BCUT2D eigenvalue weighted by atomic mass is 10.0. The molecule has 7 heteroatoms. The first kappa shape index (κ1) is 20.7. The van der Waals surface area contributed by atoms with Gasteiger partial charge < -0.3 is 19.5 Å². The van der Waals surface area contributed by atoms with E-state index >= 15 is 0 Å². The molecule has 160 valence electrons. The summed E-state index contributed by atoms with van der Waals surface area (Å²) in [5, 5.41) is 3.45. The Bertz CT molecular complexity index is 1130. The molecule has 0 bridgehead atoms. The van der Waals surface area contributed by atoms with Gasteiger partial charge in [0.1, 0.15) is 12.7 Å². The molecule has 3 aromatic rings. The lowest BCUT2D eigenvalue weighted by Crippen LogP contribution is -2.42. The molecule has 0 fully saturated rings. The highest BCUT2D eigenvalue weighted by Gasteiger charge is 2.22. The van der Waals surface area contributed by atoms with E-state index in [9.17, 15) is 9.59 Å². The van der Waals surface area contributed by atoms with E-state index in [-0.39, 0.29) is 19.3 Å². The van der Waals surface area contributed by atoms with Crippen LogP contribution in [-0.4, -0.2) is 42.7 Å². The number of para-hydroxylation sites is 3. The average Bonchev–Trinajstić information content (AvgIpc) is 2.80. The van der Waals surface area contributed by atoms with E-state index in [1.165, 1.54) is 0 Å². The Morgan fingerprint density at radius 1 is 1.13 bits per heavy atom. The van der Waals surface area contributed by atoms with E-state index in [2.05, 4.69) is 10.3 Å². The highest BCUT2D eigenvalue weighted by molar-refractivity contribution is 6.05. The summed E-state index contributed by atoms with van der Waals surface area (Å²) in [5.41, 5.74) is 2.80. The number of hydrogen-bond acceptors (Lipinski definition) is 6. The quantitative estimate of drug-likeness (QED) is 0.616. The molecule has 2 aromatic carbocycles. The van der Waals surface area contributed by atoms with Crippen LogP contribution in [0.3, 0.4) is 0 Å². The summed E-state index contributed by atoms with van der Waals surface area (Å²) in [6, 6.07) is 14.8. The summed E-state index contributed by atoms with van der Waals surface area (Å²) < 4.78 is 16.8. The van der Waals surface area contributed by atoms with Crippen molar-refractivity contribution in [1.82, 2.24) is 10.3 Å². The number of hydrogen-bond donors (Lipinski definition) is 1. The molecular weight excluding hydrogens is 396 g/mol. The van der Waals surface area contributed by atoms with Gasteiger partial charge in [-0.25, -0.2) is 4.79 Å². The smallest absolute Gasteiger partial charge is 0.339 e. The maximum Gasteiger partial charge on any atom is 0.339 e. The maximum absolute atomic E-state index is 12.8. The summed E-state index contributed by atoms with van der Waals surface area (Å²) in [6.45, 7) is 4.05. The number of carbonyl (C=O) groups is 2. The van der Waals surface area contributed by atoms with Crippen molar-refractivity contribution < 1.29 is 23.8 Å². The van der Waals surface area contributed by atoms with Crippen LogP contribution >= 0.6 is 0 Å². The monoisotopic (exact) mass is 420 g/mol. The highest BCUT2D eigenvalue weighted by atomic mass is 16.6. The van der Waals surface area contributed by atoms with E-state index in [0.29, 0.717) is 35.5 Å². The third kappa shape index (κ3) is 4.45. The molecule has 7 nitrogen and oxygen atoms in total. The molecule has 0 radical (unpaired) electrons. The fourth-order valence-electron chi connectivity index (χ4n) is 3.61. The molecule has 4 rings (SSSR count). The molecule has 0 unspecified atom stereocenters. The number of esters is 1. The number of fused-ring (bicyclic) bond motifs is 2. The van der Waals surface area contributed by atoms with Gasteiger partial charge in [-0.05, 0) is 37.1 Å². The van der Waals surface area contributed by atoms with Crippen LogP contribution in [-0.2, 0) is 16.0 Å². The van der Waals surface area contributed by atoms with Gasteiger partial charge in [-0.3, -0.25) is 9.78 Å². The first-order valence-electron chi connectivity index (χ1n) is 10.3. The van der Waals surface area contributed by atoms with Gasteiger partial charge in [0.2, 0.25) is 0 Å². The lowest BCUT2D eigenvalue weighted by molar-refractivity contribution is -0.124. The molecule has 31 heavy (non-hydrogen) atoms. The van der Waals surface area contributed by atoms with Gasteiger partial charge in [-0.1, -0.05) is 37.3 Å². The SMILES string of the molecule is CCc1nc2ccccc2c(C(=O)OCC(=O)NC[C@H]2COc3ccccc3O2)c1C. The number of benzene rings is 2. The zero-order valence-corrected chi connectivity index (χ0v) is 17.5. The highest BCUT2D eigenvalue weighted by Crippen LogP contribution is 2.30. The zero-order valence-electron chi connectivity index (χ0n) is 17.5.